The Hall–Kier alpha value is -1.89. The van der Waals surface area contributed by atoms with Crippen molar-refractivity contribution >= 4 is 25.0 Å². The lowest BCUT2D eigenvalue weighted by Gasteiger charge is -2.21. The zero-order valence-electron chi connectivity index (χ0n) is 17.1. The van der Waals surface area contributed by atoms with Gasteiger partial charge < -0.3 is 24.2 Å². The third-order valence-corrected chi connectivity index (χ3v) is 5.70. The molecule has 0 bridgehead atoms. The molecular weight excluding hydrogens is 385 g/mol. The Bertz CT molecular complexity index is 687. The van der Waals surface area contributed by atoms with Gasteiger partial charge in [-0.25, -0.2) is 4.79 Å². The number of rotatable bonds is 10. The summed E-state index contributed by atoms with van der Waals surface area (Å²) in [4.78, 5) is 23.3. The molecule has 1 aromatic carbocycles. The summed E-state index contributed by atoms with van der Waals surface area (Å²) in [6, 6.07) is 6.59. The normalized spacial score (nSPS) is 13.0. The van der Waals surface area contributed by atoms with E-state index >= 15 is 0 Å². The van der Waals surface area contributed by atoms with Gasteiger partial charge in [0.2, 0.25) is 0 Å². The molecule has 0 saturated heterocycles. The summed E-state index contributed by atoms with van der Waals surface area (Å²) < 4.78 is 28.5. The molecule has 8 nitrogen and oxygen atoms in total. The van der Waals surface area contributed by atoms with Crippen LogP contribution in [-0.4, -0.2) is 42.5 Å². The maximum atomic E-state index is 12.7. The lowest BCUT2D eigenvalue weighted by atomic mass is 9.99. The molecule has 1 atom stereocenters. The van der Waals surface area contributed by atoms with Crippen LogP contribution in [0.5, 0.6) is 0 Å². The largest absolute Gasteiger partial charge is 0.481 e. The van der Waals surface area contributed by atoms with Gasteiger partial charge in [-0.05, 0) is 58.7 Å². The van der Waals surface area contributed by atoms with E-state index in [0.29, 0.717) is 5.30 Å². The molecule has 28 heavy (non-hydrogen) atoms. The van der Waals surface area contributed by atoms with Crippen molar-refractivity contribution in [3.05, 3.63) is 29.8 Å². The van der Waals surface area contributed by atoms with Crippen molar-refractivity contribution in [2.75, 3.05) is 19.8 Å². The van der Waals surface area contributed by atoms with Crippen LogP contribution in [0.2, 0.25) is 0 Å². The van der Waals surface area contributed by atoms with Gasteiger partial charge in [-0.1, -0.05) is 12.1 Å². The van der Waals surface area contributed by atoms with Gasteiger partial charge in [0.25, 0.3) is 0 Å². The van der Waals surface area contributed by atoms with E-state index in [9.17, 15) is 19.3 Å². The molecule has 0 fully saturated rings. The van der Waals surface area contributed by atoms with Crippen molar-refractivity contribution in [2.24, 2.45) is 5.92 Å². The van der Waals surface area contributed by atoms with Gasteiger partial charge in [-0.3, -0.25) is 9.36 Å². The standard InChI is InChI=1S/C19H30NO7P/c1-6-25-28(24,26-7-2)16-10-8-14(9-11-16)12-15(17(21)22)13-20-18(23)27-19(3,4)5/h8-11,15H,6-7,12-13H2,1-5H3,(H,20,23)(H,21,22)/t15-/m1/s1. The lowest BCUT2D eigenvalue weighted by Crippen LogP contribution is -2.37. The molecule has 0 unspecified atom stereocenters. The fraction of sp³-hybridized carbons (Fsp3) is 0.579. The number of carboxylic acid groups (broad SMARTS) is 1. The summed E-state index contributed by atoms with van der Waals surface area (Å²) in [6.07, 6.45) is -0.470. The second kappa shape index (κ2) is 10.6. The first-order chi connectivity index (χ1) is 13.0. The molecule has 0 aliphatic rings. The van der Waals surface area contributed by atoms with E-state index < -0.39 is 31.2 Å². The second-order valence-corrected chi connectivity index (χ2v) is 9.15. The van der Waals surface area contributed by atoms with Crippen LogP contribution < -0.4 is 10.6 Å². The number of nitrogens with one attached hydrogen (secondary N) is 1. The van der Waals surface area contributed by atoms with Gasteiger partial charge in [0.05, 0.1) is 24.4 Å². The summed E-state index contributed by atoms with van der Waals surface area (Å²) in [5.74, 6) is -1.86. The quantitative estimate of drug-likeness (QED) is 0.564. The van der Waals surface area contributed by atoms with Crippen molar-refractivity contribution in [1.82, 2.24) is 5.32 Å². The Morgan fingerprint density at radius 1 is 1.11 bits per heavy atom. The Kier molecular flexibility index (Phi) is 9.14. The van der Waals surface area contributed by atoms with Crippen LogP contribution in [0.1, 0.15) is 40.2 Å². The van der Waals surface area contributed by atoms with Crippen molar-refractivity contribution in [1.29, 1.82) is 0 Å². The van der Waals surface area contributed by atoms with Crippen LogP contribution in [0.15, 0.2) is 24.3 Å². The topological polar surface area (TPSA) is 111 Å². The zero-order valence-corrected chi connectivity index (χ0v) is 18.0. The van der Waals surface area contributed by atoms with E-state index in [4.69, 9.17) is 13.8 Å². The first-order valence-electron chi connectivity index (χ1n) is 9.19. The molecule has 1 aromatic rings. The molecule has 0 aliphatic heterocycles. The number of amides is 1. The van der Waals surface area contributed by atoms with E-state index in [2.05, 4.69) is 5.32 Å². The molecule has 0 radical (unpaired) electrons. The van der Waals surface area contributed by atoms with E-state index in [1.807, 2.05) is 0 Å². The van der Waals surface area contributed by atoms with Crippen LogP contribution in [0.3, 0.4) is 0 Å². The van der Waals surface area contributed by atoms with Gasteiger partial charge >= 0.3 is 19.7 Å². The highest BCUT2D eigenvalue weighted by Gasteiger charge is 2.27. The summed E-state index contributed by atoms with van der Waals surface area (Å²) in [7, 11) is -3.38. The number of aliphatic carboxylic acids is 1. The van der Waals surface area contributed by atoms with Crippen LogP contribution in [0.25, 0.3) is 0 Å². The smallest absolute Gasteiger partial charge is 0.407 e. The maximum absolute atomic E-state index is 12.7. The van der Waals surface area contributed by atoms with Gasteiger partial charge in [0.1, 0.15) is 5.60 Å². The molecule has 2 N–H and O–H groups in total. The SMILES string of the molecule is CCOP(=O)(OCC)c1ccc(C[C@H](CNC(=O)OC(C)(C)C)C(=O)O)cc1. The monoisotopic (exact) mass is 415 g/mol. The molecule has 1 amide bonds. The second-order valence-electron chi connectivity index (χ2n) is 7.12. The molecular formula is C19H30NO7P. The predicted octanol–water partition coefficient (Wildman–Crippen LogP) is 3.35. The highest BCUT2D eigenvalue weighted by Crippen LogP contribution is 2.46. The zero-order chi connectivity index (χ0) is 21.4. The predicted molar refractivity (Wildman–Crippen MR) is 106 cm³/mol. The molecule has 158 valence electrons. The van der Waals surface area contributed by atoms with Crippen molar-refractivity contribution < 1.29 is 33.0 Å². The fourth-order valence-corrected chi connectivity index (χ4v) is 3.96. The number of ether oxygens (including phenoxy) is 1. The Morgan fingerprint density at radius 3 is 2.07 bits per heavy atom. The van der Waals surface area contributed by atoms with Gasteiger partial charge in [0, 0.05) is 6.54 Å². The average molecular weight is 415 g/mol. The summed E-state index contributed by atoms with van der Waals surface area (Å²) >= 11 is 0. The Morgan fingerprint density at radius 2 is 1.64 bits per heavy atom. The molecule has 1 rings (SSSR count). The summed E-state index contributed by atoms with van der Waals surface area (Å²) in [5.41, 5.74) is 0.0647. The number of alkyl carbamates (subject to hydrolysis) is 1. The minimum atomic E-state index is -3.38. The molecule has 0 heterocycles. The summed E-state index contributed by atoms with van der Waals surface area (Å²) in [6.45, 7) is 9.07. The molecule has 0 aromatic heterocycles. The summed E-state index contributed by atoms with van der Waals surface area (Å²) in [5, 5.41) is 12.3. The van der Waals surface area contributed by atoms with Crippen molar-refractivity contribution in [3.8, 4) is 0 Å². The lowest BCUT2D eigenvalue weighted by molar-refractivity contribution is -0.141. The van der Waals surface area contributed by atoms with E-state index in [1.165, 1.54) is 0 Å². The highest BCUT2D eigenvalue weighted by atomic mass is 31.2. The van der Waals surface area contributed by atoms with Crippen LogP contribution in [0, 0.1) is 5.92 Å². The van der Waals surface area contributed by atoms with Gasteiger partial charge in [-0.2, -0.15) is 0 Å². The molecule has 9 heteroatoms. The third kappa shape index (κ3) is 8.00. The number of benzene rings is 1. The van der Waals surface area contributed by atoms with E-state index in [-0.39, 0.29) is 26.2 Å². The van der Waals surface area contributed by atoms with Gasteiger partial charge in [0.15, 0.2) is 0 Å². The van der Waals surface area contributed by atoms with Gasteiger partial charge in [-0.15, -0.1) is 0 Å². The molecule has 0 spiro atoms. The minimum absolute atomic E-state index is 0.0671. The number of carboxylic acids is 1. The fourth-order valence-electron chi connectivity index (χ4n) is 2.39. The number of hydrogen-bond donors (Lipinski definition) is 2. The van der Waals surface area contributed by atoms with Crippen LogP contribution >= 0.6 is 7.60 Å². The van der Waals surface area contributed by atoms with E-state index in [0.717, 1.165) is 5.56 Å². The minimum Gasteiger partial charge on any atom is -0.481 e. The molecule has 0 saturated carbocycles. The average Bonchev–Trinajstić information content (AvgIpc) is 2.57. The van der Waals surface area contributed by atoms with Crippen molar-refractivity contribution in [2.45, 2.75) is 46.6 Å². The van der Waals surface area contributed by atoms with Crippen LogP contribution in [-0.2, 0) is 29.6 Å². The van der Waals surface area contributed by atoms with E-state index in [1.54, 1.807) is 58.9 Å². The Labute approximate surface area is 166 Å². The first-order valence-corrected chi connectivity index (χ1v) is 10.7. The van der Waals surface area contributed by atoms with Crippen LogP contribution in [0.4, 0.5) is 4.79 Å². The maximum Gasteiger partial charge on any atom is 0.407 e. The van der Waals surface area contributed by atoms with Crippen molar-refractivity contribution in [3.63, 3.8) is 0 Å². The highest BCUT2D eigenvalue weighted by molar-refractivity contribution is 7.62. The molecule has 0 aliphatic carbocycles. The number of carbonyl (C=O) groups is 2. The first kappa shape index (κ1) is 24.1. The number of hydrogen-bond acceptors (Lipinski definition) is 6. The number of carbonyl (C=O) groups excluding carboxylic acids is 1. The Balaban J connectivity index is 2.79. The third-order valence-electron chi connectivity index (χ3n) is 3.57.